The summed E-state index contributed by atoms with van der Waals surface area (Å²) in [6.45, 7) is 9.44. The molecule has 5 nitrogen and oxygen atoms in total. The monoisotopic (exact) mass is 324 g/mol. The van der Waals surface area contributed by atoms with Gasteiger partial charge in [0.25, 0.3) is 0 Å². The predicted octanol–water partition coefficient (Wildman–Crippen LogP) is 2.29. The lowest BCUT2D eigenvalue weighted by Crippen LogP contribution is -2.30. The van der Waals surface area contributed by atoms with Crippen LogP contribution in [0.25, 0.3) is 0 Å². The average molecular weight is 325 g/mol. The van der Waals surface area contributed by atoms with Gasteiger partial charge in [0.15, 0.2) is 0 Å². The minimum atomic E-state index is 0.00426. The number of likely N-dealkylation sites (tertiary alicyclic amines) is 1. The van der Waals surface area contributed by atoms with E-state index in [9.17, 15) is 4.79 Å². The highest BCUT2D eigenvalue weighted by atomic mass is 35.5. The molecular formula is C16H25ClN4O. The number of nitrogens with one attached hydrogen (secondary N) is 1. The van der Waals surface area contributed by atoms with Gasteiger partial charge in [0.2, 0.25) is 5.91 Å². The molecule has 1 aromatic rings. The molecule has 6 heteroatoms. The number of halogens is 1. The molecule has 0 spiro atoms. The van der Waals surface area contributed by atoms with Gasteiger partial charge in [0.05, 0.1) is 5.69 Å². The van der Waals surface area contributed by atoms with Gasteiger partial charge in [-0.2, -0.15) is 5.10 Å². The highest BCUT2D eigenvalue weighted by molar-refractivity contribution is 6.30. The SMILES string of the molecule is CC(C)=CC(=O)NCC1CCN(Cc2c(C)nn(C)c2Cl)C1. The summed E-state index contributed by atoms with van der Waals surface area (Å²) in [7, 11) is 1.87. The van der Waals surface area contributed by atoms with Crippen LogP contribution in [0.15, 0.2) is 11.6 Å². The van der Waals surface area contributed by atoms with Crippen molar-refractivity contribution in [1.29, 1.82) is 0 Å². The van der Waals surface area contributed by atoms with Crippen LogP contribution in [0, 0.1) is 12.8 Å². The fourth-order valence-corrected chi connectivity index (χ4v) is 3.09. The molecule has 1 saturated heterocycles. The quantitative estimate of drug-likeness (QED) is 0.845. The maximum absolute atomic E-state index is 11.6. The molecule has 0 aromatic carbocycles. The second-order valence-electron chi connectivity index (χ2n) is 6.34. The number of aromatic nitrogens is 2. The molecule has 1 aliphatic rings. The number of carbonyl (C=O) groups is 1. The Labute approximate surface area is 137 Å². The number of rotatable bonds is 5. The van der Waals surface area contributed by atoms with E-state index in [2.05, 4.69) is 15.3 Å². The van der Waals surface area contributed by atoms with Gasteiger partial charge in [-0.15, -0.1) is 0 Å². The van der Waals surface area contributed by atoms with E-state index < -0.39 is 0 Å². The van der Waals surface area contributed by atoms with Crippen molar-refractivity contribution >= 4 is 17.5 Å². The lowest BCUT2D eigenvalue weighted by atomic mass is 10.1. The van der Waals surface area contributed by atoms with Crippen molar-refractivity contribution in [3.05, 3.63) is 28.1 Å². The molecule has 1 aromatic heterocycles. The number of hydrogen-bond donors (Lipinski definition) is 1. The Bertz CT molecular complexity index is 575. The zero-order chi connectivity index (χ0) is 16.3. The first-order valence-corrected chi connectivity index (χ1v) is 8.07. The lowest BCUT2D eigenvalue weighted by molar-refractivity contribution is -0.116. The van der Waals surface area contributed by atoms with Crippen LogP contribution < -0.4 is 5.32 Å². The van der Waals surface area contributed by atoms with Crippen molar-refractivity contribution in [3.63, 3.8) is 0 Å². The van der Waals surface area contributed by atoms with E-state index in [1.54, 1.807) is 10.8 Å². The predicted molar refractivity (Wildman–Crippen MR) is 88.8 cm³/mol. The van der Waals surface area contributed by atoms with Gasteiger partial charge in [0, 0.05) is 38.3 Å². The summed E-state index contributed by atoms with van der Waals surface area (Å²) < 4.78 is 1.72. The molecule has 1 fully saturated rings. The van der Waals surface area contributed by atoms with Gasteiger partial charge in [-0.25, -0.2) is 0 Å². The van der Waals surface area contributed by atoms with Crippen molar-refractivity contribution in [1.82, 2.24) is 20.0 Å². The van der Waals surface area contributed by atoms with Crippen molar-refractivity contribution in [3.8, 4) is 0 Å². The minimum absolute atomic E-state index is 0.00426. The topological polar surface area (TPSA) is 50.2 Å². The van der Waals surface area contributed by atoms with E-state index in [1.165, 1.54) is 0 Å². The van der Waals surface area contributed by atoms with Gasteiger partial charge < -0.3 is 5.32 Å². The first kappa shape index (κ1) is 17.0. The van der Waals surface area contributed by atoms with Gasteiger partial charge in [-0.3, -0.25) is 14.4 Å². The Morgan fingerprint density at radius 3 is 2.82 bits per heavy atom. The Balaban J connectivity index is 1.83. The van der Waals surface area contributed by atoms with E-state index in [4.69, 9.17) is 11.6 Å². The van der Waals surface area contributed by atoms with Crippen molar-refractivity contribution in [2.45, 2.75) is 33.7 Å². The first-order chi connectivity index (χ1) is 10.4. The number of carbonyl (C=O) groups excluding carboxylic acids is 1. The van der Waals surface area contributed by atoms with Crippen LogP contribution in [0.1, 0.15) is 31.5 Å². The zero-order valence-corrected chi connectivity index (χ0v) is 14.6. The Morgan fingerprint density at radius 2 is 2.23 bits per heavy atom. The van der Waals surface area contributed by atoms with Crippen LogP contribution in [0.4, 0.5) is 0 Å². The molecule has 0 aliphatic carbocycles. The number of hydrogen-bond acceptors (Lipinski definition) is 3. The molecule has 0 radical (unpaired) electrons. The van der Waals surface area contributed by atoms with Gasteiger partial charge in [-0.1, -0.05) is 17.2 Å². The molecule has 2 rings (SSSR count). The van der Waals surface area contributed by atoms with E-state index in [-0.39, 0.29) is 5.91 Å². The van der Waals surface area contributed by atoms with Crippen LogP contribution in [-0.4, -0.2) is 40.2 Å². The fraction of sp³-hybridized carbons (Fsp3) is 0.625. The van der Waals surface area contributed by atoms with E-state index in [1.807, 2.05) is 27.8 Å². The summed E-state index contributed by atoms with van der Waals surface area (Å²) in [6, 6.07) is 0. The highest BCUT2D eigenvalue weighted by Gasteiger charge is 2.24. The smallest absolute Gasteiger partial charge is 0.243 e. The number of nitrogens with zero attached hydrogens (tertiary/aromatic N) is 3. The third-order valence-electron chi connectivity index (χ3n) is 4.01. The Hall–Kier alpha value is -1.33. The summed E-state index contributed by atoms with van der Waals surface area (Å²) in [5, 5.41) is 8.06. The Morgan fingerprint density at radius 1 is 1.50 bits per heavy atom. The number of allylic oxidation sites excluding steroid dienone is 1. The molecule has 0 bridgehead atoms. The molecular weight excluding hydrogens is 300 g/mol. The molecule has 1 atom stereocenters. The molecule has 1 amide bonds. The van der Waals surface area contributed by atoms with E-state index in [0.29, 0.717) is 5.92 Å². The second kappa shape index (κ2) is 7.29. The van der Waals surface area contributed by atoms with Gasteiger partial charge in [-0.05, 0) is 39.7 Å². The third-order valence-corrected chi connectivity index (χ3v) is 4.48. The first-order valence-electron chi connectivity index (χ1n) is 7.70. The summed E-state index contributed by atoms with van der Waals surface area (Å²) in [5.41, 5.74) is 3.12. The summed E-state index contributed by atoms with van der Waals surface area (Å²) in [4.78, 5) is 14.0. The van der Waals surface area contributed by atoms with Crippen molar-refractivity contribution in [2.24, 2.45) is 13.0 Å². The largest absolute Gasteiger partial charge is 0.352 e. The third kappa shape index (κ3) is 4.34. The average Bonchev–Trinajstić information content (AvgIpc) is 2.96. The van der Waals surface area contributed by atoms with Crippen LogP contribution in [0.2, 0.25) is 5.15 Å². The zero-order valence-electron chi connectivity index (χ0n) is 13.8. The Kier molecular flexibility index (Phi) is 5.64. The van der Waals surface area contributed by atoms with Crippen LogP contribution in [0.5, 0.6) is 0 Å². The second-order valence-corrected chi connectivity index (χ2v) is 6.69. The van der Waals surface area contributed by atoms with E-state index >= 15 is 0 Å². The maximum atomic E-state index is 11.6. The van der Waals surface area contributed by atoms with Crippen LogP contribution in [-0.2, 0) is 18.4 Å². The highest BCUT2D eigenvalue weighted by Crippen LogP contribution is 2.24. The fourth-order valence-electron chi connectivity index (χ4n) is 2.86. The van der Waals surface area contributed by atoms with Crippen molar-refractivity contribution in [2.75, 3.05) is 19.6 Å². The van der Waals surface area contributed by atoms with E-state index in [0.717, 1.165) is 54.6 Å². The van der Waals surface area contributed by atoms with Crippen molar-refractivity contribution < 1.29 is 4.79 Å². The number of amides is 1. The molecule has 122 valence electrons. The minimum Gasteiger partial charge on any atom is -0.352 e. The standard InChI is InChI=1S/C16H25ClN4O/c1-11(2)7-15(22)18-8-13-5-6-21(9-13)10-14-12(3)19-20(4)16(14)17/h7,13H,5-6,8-10H2,1-4H3,(H,18,22). The van der Waals surface area contributed by atoms with Gasteiger partial charge in [0.1, 0.15) is 5.15 Å². The summed E-state index contributed by atoms with van der Waals surface area (Å²) in [5.74, 6) is 0.509. The lowest BCUT2D eigenvalue weighted by Gasteiger charge is -2.16. The van der Waals surface area contributed by atoms with Crippen LogP contribution in [0.3, 0.4) is 0 Å². The molecule has 1 aliphatic heterocycles. The molecule has 1 N–H and O–H groups in total. The molecule has 1 unspecified atom stereocenters. The normalized spacial score (nSPS) is 18.5. The molecule has 0 saturated carbocycles. The van der Waals surface area contributed by atoms with Crippen LogP contribution >= 0.6 is 11.6 Å². The molecule has 2 heterocycles. The number of aryl methyl sites for hydroxylation is 2. The maximum Gasteiger partial charge on any atom is 0.243 e. The summed E-state index contributed by atoms with van der Waals surface area (Å²) in [6.07, 6.45) is 2.75. The van der Waals surface area contributed by atoms with Gasteiger partial charge >= 0.3 is 0 Å². The summed E-state index contributed by atoms with van der Waals surface area (Å²) >= 11 is 6.29. The molecule has 22 heavy (non-hydrogen) atoms.